The van der Waals surface area contributed by atoms with Gasteiger partial charge in [-0.05, 0) is 73.9 Å². The zero-order valence-electron chi connectivity index (χ0n) is 32.5. The highest BCUT2D eigenvalue weighted by molar-refractivity contribution is 7.92. The Morgan fingerprint density at radius 2 is 1.62 bits per heavy atom. The average Bonchev–Trinajstić information content (AvgIpc) is 3.49. The highest BCUT2D eigenvalue weighted by atomic mass is 35.5. The van der Waals surface area contributed by atoms with Crippen molar-refractivity contribution in [3.8, 4) is 17.3 Å². The number of alkyl carbamates (subject to hydrolysis) is 1. The molecule has 2 heterocycles. The van der Waals surface area contributed by atoms with Crippen molar-refractivity contribution >= 4 is 44.4 Å². The van der Waals surface area contributed by atoms with Gasteiger partial charge in [-0.25, -0.2) is 26.3 Å². The fourth-order valence-corrected chi connectivity index (χ4v) is 7.38. The Hall–Kier alpha value is -6.00. The zero-order chi connectivity index (χ0) is 41.9. The van der Waals surface area contributed by atoms with Crippen LogP contribution in [0.2, 0.25) is 5.02 Å². The Balaban J connectivity index is 1.57. The molecule has 0 saturated heterocycles. The van der Waals surface area contributed by atoms with Crippen molar-refractivity contribution in [1.29, 1.82) is 0 Å². The lowest BCUT2D eigenvalue weighted by Crippen LogP contribution is -2.39. The van der Waals surface area contributed by atoms with Crippen LogP contribution in [-0.4, -0.2) is 52.8 Å². The quantitative estimate of drug-likeness (QED) is 0.126. The van der Waals surface area contributed by atoms with Gasteiger partial charge in [-0.2, -0.15) is 10.1 Å². The molecule has 0 saturated carbocycles. The first kappa shape index (κ1) is 41.6. The van der Waals surface area contributed by atoms with Crippen LogP contribution in [0.3, 0.4) is 0 Å². The van der Waals surface area contributed by atoms with Crippen LogP contribution in [0.15, 0.2) is 95.8 Å². The second-order valence-electron chi connectivity index (χ2n) is 14.4. The standard InChI is InChI=1S/C41H41ClF2N6O7S/c1-41(2,3)57-40(52)45-32(20-27-18-28(43)21-29(44)19-27)38-46-34(56-24-26-10-8-7-9-11-26)22-35(51)50(38)33-17-16-31(42)36-37(33)48(4)47-39(36)49(58(6,53)54)23-25-12-14-30(55-5)15-13-25/h7-19,21-22,32H,20,23-24H2,1-6H3,(H,45,52). The van der Waals surface area contributed by atoms with Gasteiger partial charge in [0.25, 0.3) is 5.56 Å². The molecular formula is C41H41ClF2N6O7S. The van der Waals surface area contributed by atoms with Gasteiger partial charge in [0.05, 0.1) is 53.6 Å². The molecule has 1 N–H and O–H groups in total. The van der Waals surface area contributed by atoms with E-state index in [1.165, 1.54) is 28.5 Å². The number of anilines is 1. The number of methoxy groups -OCH3 is 1. The van der Waals surface area contributed by atoms with E-state index in [1.807, 2.05) is 30.3 Å². The van der Waals surface area contributed by atoms with Crippen molar-refractivity contribution in [2.45, 2.75) is 52.0 Å². The third-order valence-corrected chi connectivity index (χ3v) is 10.2. The number of nitrogens with one attached hydrogen (secondary N) is 1. The fourth-order valence-electron chi connectivity index (χ4n) is 6.32. The number of hydrogen-bond acceptors (Lipinski definition) is 9. The Bertz CT molecular complexity index is 2610. The minimum Gasteiger partial charge on any atom is -0.497 e. The van der Waals surface area contributed by atoms with Gasteiger partial charge in [-0.15, -0.1) is 0 Å². The summed E-state index contributed by atoms with van der Waals surface area (Å²) in [5, 5.41) is 7.66. The lowest BCUT2D eigenvalue weighted by atomic mass is 10.0. The molecule has 0 aliphatic rings. The maximum absolute atomic E-state index is 14.6. The summed E-state index contributed by atoms with van der Waals surface area (Å²) in [7, 11) is -0.915. The summed E-state index contributed by atoms with van der Waals surface area (Å²) in [6.07, 6.45) is -0.130. The first-order valence-corrected chi connectivity index (χ1v) is 20.1. The molecule has 0 radical (unpaired) electrons. The van der Waals surface area contributed by atoms with Gasteiger partial charge in [-0.3, -0.25) is 14.0 Å². The molecule has 2 aromatic heterocycles. The van der Waals surface area contributed by atoms with Crippen molar-refractivity contribution < 1.29 is 36.2 Å². The third kappa shape index (κ3) is 9.74. The van der Waals surface area contributed by atoms with E-state index >= 15 is 0 Å². The van der Waals surface area contributed by atoms with E-state index in [2.05, 4.69) is 10.4 Å². The highest BCUT2D eigenvalue weighted by Gasteiger charge is 2.31. The summed E-state index contributed by atoms with van der Waals surface area (Å²) >= 11 is 6.85. The number of fused-ring (bicyclic) bond motifs is 1. The number of hydrogen-bond donors (Lipinski definition) is 1. The van der Waals surface area contributed by atoms with Gasteiger partial charge >= 0.3 is 6.09 Å². The number of nitrogens with zero attached hydrogens (tertiary/aromatic N) is 5. The molecule has 58 heavy (non-hydrogen) atoms. The molecule has 1 atom stereocenters. The second kappa shape index (κ2) is 16.8. The summed E-state index contributed by atoms with van der Waals surface area (Å²) in [4.78, 5) is 32.7. The van der Waals surface area contributed by atoms with E-state index in [4.69, 9.17) is 30.8 Å². The average molecular weight is 835 g/mol. The van der Waals surface area contributed by atoms with Crippen LogP contribution in [0.5, 0.6) is 11.6 Å². The topological polar surface area (TPSA) is 147 Å². The molecule has 0 aliphatic heterocycles. The van der Waals surface area contributed by atoms with Crippen LogP contribution in [0.1, 0.15) is 49.3 Å². The SMILES string of the molecule is COc1ccc(CN(c2nn(C)c3c(-n4c(C(Cc5cc(F)cc(F)c5)NC(=O)OC(C)(C)C)nc(OCc5ccccc5)cc4=O)ccc(Cl)c23)S(C)(=O)=O)cc1. The van der Waals surface area contributed by atoms with Gasteiger partial charge in [0.15, 0.2) is 5.82 Å². The van der Waals surface area contributed by atoms with Crippen molar-refractivity contribution in [2.24, 2.45) is 7.05 Å². The van der Waals surface area contributed by atoms with E-state index < -0.39 is 45.0 Å². The molecule has 0 fully saturated rings. The molecule has 17 heteroatoms. The van der Waals surface area contributed by atoms with Crippen LogP contribution in [-0.2, 0) is 41.4 Å². The van der Waals surface area contributed by atoms with Gasteiger partial charge in [-0.1, -0.05) is 54.1 Å². The molecule has 0 spiro atoms. The number of aromatic nitrogens is 4. The molecule has 0 bridgehead atoms. The van der Waals surface area contributed by atoms with Crippen molar-refractivity contribution in [1.82, 2.24) is 24.6 Å². The van der Waals surface area contributed by atoms with Gasteiger partial charge in [0, 0.05) is 19.5 Å². The fraction of sp³-hybridized carbons (Fsp3) is 0.268. The number of carbonyl (C=O) groups is 1. The number of aryl methyl sites for hydroxylation is 1. The zero-order valence-corrected chi connectivity index (χ0v) is 34.1. The monoisotopic (exact) mass is 834 g/mol. The predicted octanol–water partition coefficient (Wildman–Crippen LogP) is 7.41. The predicted molar refractivity (Wildman–Crippen MR) is 216 cm³/mol. The molecule has 6 rings (SSSR count). The van der Waals surface area contributed by atoms with Crippen molar-refractivity contribution in [3.05, 3.63) is 141 Å². The van der Waals surface area contributed by atoms with E-state index in [9.17, 15) is 26.8 Å². The lowest BCUT2D eigenvalue weighted by molar-refractivity contribution is 0.0500. The maximum Gasteiger partial charge on any atom is 0.408 e. The summed E-state index contributed by atoms with van der Waals surface area (Å²) in [6, 6.07) is 21.8. The van der Waals surface area contributed by atoms with Crippen LogP contribution in [0.4, 0.5) is 19.4 Å². The lowest BCUT2D eigenvalue weighted by Gasteiger charge is -2.26. The Morgan fingerprint density at radius 3 is 2.24 bits per heavy atom. The Kier molecular flexibility index (Phi) is 12.1. The van der Waals surface area contributed by atoms with Gasteiger partial charge in [0.2, 0.25) is 15.9 Å². The first-order valence-electron chi connectivity index (χ1n) is 17.9. The number of carbonyl (C=O) groups excluding carboxylic acids is 1. The van der Waals surface area contributed by atoms with Crippen LogP contribution in [0.25, 0.3) is 16.6 Å². The van der Waals surface area contributed by atoms with Crippen LogP contribution >= 0.6 is 11.6 Å². The number of sulfonamides is 1. The molecule has 6 aromatic rings. The largest absolute Gasteiger partial charge is 0.497 e. The molecule has 0 aliphatic carbocycles. The van der Waals surface area contributed by atoms with Crippen molar-refractivity contribution in [2.75, 3.05) is 17.7 Å². The number of halogens is 3. The minimum absolute atomic E-state index is 0.0216. The summed E-state index contributed by atoms with van der Waals surface area (Å²) in [5.74, 6) is -1.38. The molecule has 1 amide bonds. The second-order valence-corrected chi connectivity index (χ2v) is 16.8. The van der Waals surface area contributed by atoms with Crippen molar-refractivity contribution in [3.63, 3.8) is 0 Å². The number of ether oxygens (including phenoxy) is 3. The third-order valence-electron chi connectivity index (χ3n) is 8.78. The molecule has 4 aromatic carbocycles. The van der Waals surface area contributed by atoms with E-state index in [-0.39, 0.29) is 64.3 Å². The van der Waals surface area contributed by atoms with Gasteiger partial charge < -0.3 is 19.5 Å². The minimum atomic E-state index is -3.99. The molecule has 304 valence electrons. The molecule has 13 nitrogen and oxygen atoms in total. The molecular weight excluding hydrogens is 794 g/mol. The summed E-state index contributed by atoms with van der Waals surface area (Å²) < 4.78 is 76.5. The van der Waals surface area contributed by atoms with E-state index in [0.717, 1.165) is 34.3 Å². The van der Waals surface area contributed by atoms with Crippen LogP contribution in [0, 0.1) is 11.6 Å². The number of rotatable bonds is 13. The normalized spacial score (nSPS) is 12.3. The Labute approximate surface area is 338 Å². The van der Waals surface area contributed by atoms with E-state index in [0.29, 0.717) is 17.4 Å². The first-order chi connectivity index (χ1) is 27.4. The smallest absolute Gasteiger partial charge is 0.408 e. The van der Waals surface area contributed by atoms with E-state index in [1.54, 1.807) is 52.1 Å². The van der Waals surface area contributed by atoms with Crippen LogP contribution < -0.4 is 24.7 Å². The molecule has 1 unspecified atom stereocenters. The summed E-state index contributed by atoms with van der Waals surface area (Å²) in [5.41, 5.74) is 0.263. The van der Waals surface area contributed by atoms with Gasteiger partial charge in [0.1, 0.15) is 35.4 Å². The number of benzene rings is 4. The number of amides is 1. The highest BCUT2D eigenvalue weighted by Crippen LogP contribution is 2.38. The maximum atomic E-state index is 14.6. The summed E-state index contributed by atoms with van der Waals surface area (Å²) in [6.45, 7) is 4.89. The Morgan fingerprint density at radius 1 is 0.948 bits per heavy atom.